The van der Waals surface area contributed by atoms with Gasteiger partial charge in [-0.3, -0.25) is 18.8 Å². The number of carbonyl (C=O) groups is 1. The molecule has 0 unspecified atom stereocenters. The lowest BCUT2D eigenvalue weighted by Crippen LogP contribution is -2.41. The highest BCUT2D eigenvalue weighted by molar-refractivity contribution is 5.78. The van der Waals surface area contributed by atoms with Gasteiger partial charge in [0.05, 0.1) is 10.9 Å². The molecule has 0 bridgehead atoms. The van der Waals surface area contributed by atoms with Crippen LogP contribution in [0.1, 0.15) is 6.92 Å². The molecule has 2 aromatic heterocycles. The summed E-state index contributed by atoms with van der Waals surface area (Å²) < 4.78 is 2.70. The van der Waals surface area contributed by atoms with Gasteiger partial charge < -0.3 is 10.3 Å². The van der Waals surface area contributed by atoms with E-state index in [2.05, 4.69) is 15.4 Å². The molecular formula is C17H19N5O3. The molecule has 2 N–H and O–H groups in total. The number of aromatic nitrogens is 4. The number of nitrogens with zero attached hydrogens (tertiary/aromatic N) is 3. The topological polar surface area (TPSA) is 102 Å². The van der Waals surface area contributed by atoms with Crippen LogP contribution in [0.5, 0.6) is 0 Å². The van der Waals surface area contributed by atoms with Crippen molar-refractivity contribution in [1.29, 1.82) is 0 Å². The summed E-state index contributed by atoms with van der Waals surface area (Å²) in [6, 6.07) is 8.55. The first kappa shape index (κ1) is 16.7. The van der Waals surface area contributed by atoms with E-state index in [1.54, 1.807) is 35.1 Å². The Morgan fingerprint density at radius 2 is 2.08 bits per heavy atom. The van der Waals surface area contributed by atoms with Gasteiger partial charge in [-0.15, -0.1) is 0 Å². The van der Waals surface area contributed by atoms with Gasteiger partial charge in [0, 0.05) is 25.5 Å². The van der Waals surface area contributed by atoms with Crippen molar-refractivity contribution >= 4 is 16.8 Å². The molecule has 8 heteroatoms. The Bertz CT molecular complexity index is 987. The molecule has 1 atom stereocenters. The van der Waals surface area contributed by atoms with Crippen molar-refractivity contribution in [2.24, 2.45) is 5.92 Å². The number of hydrogen-bond acceptors (Lipinski definition) is 4. The van der Waals surface area contributed by atoms with Gasteiger partial charge in [-0.1, -0.05) is 19.1 Å². The summed E-state index contributed by atoms with van der Waals surface area (Å²) in [6.45, 7) is 2.77. The maximum Gasteiger partial charge on any atom is 0.329 e. The number of para-hydroxylation sites is 1. The first-order valence-corrected chi connectivity index (χ1v) is 8.00. The van der Waals surface area contributed by atoms with Gasteiger partial charge >= 0.3 is 5.69 Å². The molecule has 0 aliphatic rings. The van der Waals surface area contributed by atoms with E-state index < -0.39 is 11.2 Å². The maximum absolute atomic E-state index is 12.4. The number of rotatable bonds is 6. The molecule has 3 aromatic rings. The van der Waals surface area contributed by atoms with E-state index in [-0.39, 0.29) is 18.4 Å². The second-order valence-electron chi connectivity index (χ2n) is 6.00. The smallest absolute Gasteiger partial charge is 0.329 e. The quantitative estimate of drug-likeness (QED) is 0.675. The van der Waals surface area contributed by atoms with E-state index in [4.69, 9.17) is 0 Å². The zero-order chi connectivity index (χ0) is 17.8. The Hall–Kier alpha value is -3.16. The molecule has 3 rings (SSSR count). The third-order valence-corrected chi connectivity index (χ3v) is 3.90. The van der Waals surface area contributed by atoms with Crippen LogP contribution < -0.4 is 16.6 Å². The lowest BCUT2D eigenvalue weighted by Gasteiger charge is -2.13. The van der Waals surface area contributed by atoms with Crippen LogP contribution in [-0.4, -0.2) is 31.8 Å². The van der Waals surface area contributed by atoms with Gasteiger partial charge in [0.2, 0.25) is 5.91 Å². The fourth-order valence-corrected chi connectivity index (χ4v) is 2.62. The van der Waals surface area contributed by atoms with Crippen LogP contribution in [0.4, 0.5) is 0 Å². The lowest BCUT2D eigenvalue weighted by atomic mass is 10.2. The highest BCUT2D eigenvalue weighted by Crippen LogP contribution is 2.03. The van der Waals surface area contributed by atoms with Crippen molar-refractivity contribution in [3.05, 3.63) is 63.6 Å². The van der Waals surface area contributed by atoms with Crippen molar-refractivity contribution < 1.29 is 4.79 Å². The largest absolute Gasteiger partial charge is 0.354 e. The minimum absolute atomic E-state index is 0.162. The van der Waals surface area contributed by atoms with Gasteiger partial charge in [-0.25, -0.2) is 4.79 Å². The predicted octanol–water partition coefficient (Wildman–Crippen LogP) is 0.339. The Morgan fingerprint density at radius 1 is 1.28 bits per heavy atom. The van der Waals surface area contributed by atoms with Crippen LogP contribution in [0.2, 0.25) is 0 Å². The standard InChI is InChI=1S/C17H19N5O3/c1-12(10-21-8-4-7-19-21)9-18-15(23)11-22-16(24)13-5-2-3-6-14(13)20-17(22)25/h2-8,12H,9-11H2,1H3,(H,18,23)(H,20,25)/t12-/m1/s1. The normalized spacial score (nSPS) is 12.2. The summed E-state index contributed by atoms with van der Waals surface area (Å²) in [4.78, 5) is 39.2. The first-order valence-electron chi connectivity index (χ1n) is 8.00. The molecule has 0 spiro atoms. The summed E-state index contributed by atoms with van der Waals surface area (Å²) in [5, 5.41) is 7.25. The monoisotopic (exact) mass is 341 g/mol. The average Bonchev–Trinajstić information content (AvgIpc) is 3.10. The summed E-state index contributed by atoms with van der Waals surface area (Å²) in [7, 11) is 0. The highest BCUT2D eigenvalue weighted by Gasteiger charge is 2.12. The molecule has 0 aliphatic carbocycles. The molecule has 0 saturated heterocycles. The van der Waals surface area contributed by atoms with Gasteiger partial charge in [0.25, 0.3) is 5.56 Å². The number of carbonyl (C=O) groups excluding carboxylic acids is 1. The van der Waals surface area contributed by atoms with Crippen molar-refractivity contribution in [3.63, 3.8) is 0 Å². The van der Waals surface area contributed by atoms with E-state index in [0.717, 1.165) is 4.57 Å². The van der Waals surface area contributed by atoms with Crippen molar-refractivity contribution in [2.45, 2.75) is 20.0 Å². The summed E-state index contributed by atoms with van der Waals surface area (Å²) in [5.74, 6) is -0.217. The Kier molecular flexibility index (Phi) is 4.78. The molecule has 0 saturated carbocycles. The fourth-order valence-electron chi connectivity index (χ4n) is 2.62. The van der Waals surface area contributed by atoms with E-state index >= 15 is 0 Å². The molecule has 25 heavy (non-hydrogen) atoms. The van der Waals surface area contributed by atoms with Gasteiger partial charge in [0.15, 0.2) is 0 Å². The minimum atomic E-state index is -0.594. The third-order valence-electron chi connectivity index (χ3n) is 3.90. The molecule has 8 nitrogen and oxygen atoms in total. The number of amides is 1. The van der Waals surface area contributed by atoms with Crippen molar-refractivity contribution in [1.82, 2.24) is 24.6 Å². The van der Waals surface area contributed by atoms with Gasteiger partial charge in [0.1, 0.15) is 6.54 Å². The van der Waals surface area contributed by atoms with Crippen LogP contribution in [0.3, 0.4) is 0 Å². The molecule has 1 aromatic carbocycles. The Morgan fingerprint density at radius 3 is 2.84 bits per heavy atom. The molecular weight excluding hydrogens is 322 g/mol. The fraction of sp³-hybridized carbons (Fsp3) is 0.294. The second-order valence-corrected chi connectivity index (χ2v) is 6.00. The van der Waals surface area contributed by atoms with Crippen molar-refractivity contribution in [3.8, 4) is 0 Å². The number of hydrogen-bond donors (Lipinski definition) is 2. The van der Waals surface area contributed by atoms with Crippen molar-refractivity contribution in [2.75, 3.05) is 6.54 Å². The highest BCUT2D eigenvalue weighted by atomic mass is 16.2. The van der Waals surface area contributed by atoms with Crippen LogP contribution in [0, 0.1) is 5.92 Å². The van der Waals surface area contributed by atoms with E-state index in [1.165, 1.54) is 0 Å². The number of nitrogens with one attached hydrogen (secondary N) is 2. The summed E-state index contributed by atoms with van der Waals surface area (Å²) >= 11 is 0. The van der Waals surface area contributed by atoms with Gasteiger partial charge in [-0.05, 0) is 24.1 Å². The van der Waals surface area contributed by atoms with Crippen LogP contribution in [-0.2, 0) is 17.9 Å². The molecule has 0 aliphatic heterocycles. The number of H-pyrrole nitrogens is 1. The zero-order valence-electron chi connectivity index (χ0n) is 13.8. The van der Waals surface area contributed by atoms with Crippen LogP contribution in [0.15, 0.2) is 52.3 Å². The second kappa shape index (κ2) is 7.16. The molecule has 130 valence electrons. The Labute approximate surface area is 143 Å². The minimum Gasteiger partial charge on any atom is -0.354 e. The maximum atomic E-state index is 12.4. The Balaban J connectivity index is 1.66. The summed E-state index contributed by atoms with van der Waals surface area (Å²) in [5.41, 5.74) is -0.607. The number of aromatic amines is 1. The van der Waals surface area contributed by atoms with Gasteiger partial charge in [-0.2, -0.15) is 5.10 Å². The predicted molar refractivity (Wildman–Crippen MR) is 93.2 cm³/mol. The number of benzene rings is 1. The first-order chi connectivity index (χ1) is 12.0. The zero-order valence-corrected chi connectivity index (χ0v) is 13.8. The van der Waals surface area contributed by atoms with E-state index in [1.807, 2.05) is 19.2 Å². The van der Waals surface area contributed by atoms with Crippen LogP contribution in [0.25, 0.3) is 10.9 Å². The summed E-state index contributed by atoms with van der Waals surface area (Å²) in [6.07, 6.45) is 3.55. The molecule has 2 heterocycles. The SMILES string of the molecule is C[C@H](CNC(=O)Cn1c(=O)[nH]c2ccccc2c1=O)Cn1cccn1. The van der Waals surface area contributed by atoms with E-state index in [0.29, 0.717) is 24.0 Å². The molecule has 1 amide bonds. The lowest BCUT2D eigenvalue weighted by molar-refractivity contribution is -0.121. The van der Waals surface area contributed by atoms with Crippen LogP contribution >= 0.6 is 0 Å². The molecule has 0 fully saturated rings. The average molecular weight is 341 g/mol. The molecule has 0 radical (unpaired) electrons. The van der Waals surface area contributed by atoms with E-state index in [9.17, 15) is 14.4 Å². The number of fused-ring (bicyclic) bond motifs is 1. The third kappa shape index (κ3) is 3.85.